The van der Waals surface area contributed by atoms with Crippen molar-refractivity contribution in [2.75, 3.05) is 17.6 Å². The number of anilines is 2. The minimum atomic E-state index is 0.338. The van der Waals surface area contributed by atoms with Crippen LogP contribution in [-0.4, -0.2) is 16.5 Å². The quantitative estimate of drug-likeness (QED) is 0.664. The van der Waals surface area contributed by atoms with Crippen LogP contribution >= 0.6 is 0 Å². The van der Waals surface area contributed by atoms with Gasteiger partial charge in [-0.15, -0.1) is 0 Å². The second-order valence-electron chi connectivity index (χ2n) is 6.20. The van der Waals surface area contributed by atoms with Gasteiger partial charge in [0.1, 0.15) is 18.0 Å². The first-order valence-electron chi connectivity index (χ1n) is 7.86. The molecular weight excluding hydrogens is 248 g/mol. The molecule has 0 bridgehead atoms. The van der Waals surface area contributed by atoms with Crippen LogP contribution in [0.5, 0.6) is 0 Å². The molecule has 4 nitrogen and oxygen atoms in total. The van der Waals surface area contributed by atoms with Crippen LogP contribution < -0.4 is 11.1 Å². The first kappa shape index (κ1) is 16.7. The van der Waals surface area contributed by atoms with Gasteiger partial charge in [0.05, 0.1) is 0 Å². The van der Waals surface area contributed by atoms with E-state index in [4.69, 9.17) is 5.73 Å². The zero-order valence-electron chi connectivity index (χ0n) is 13.4. The van der Waals surface area contributed by atoms with Crippen LogP contribution in [-0.2, 0) is 0 Å². The monoisotopic (exact) mass is 278 g/mol. The summed E-state index contributed by atoms with van der Waals surface area (Å²) in [6.07, 6.45) is 7.99. The zero-order valence-corrected chi connectivity index (χ0v) is 13.4. The molecular formula is C16H30N4. The molecule has 0 spiro atoms. The summed E-state index contributed by atoms with van der Waals surface area (Å²) in [5.41, 5.74) is 6.96. The van der Waals surface area contributed by atoms with Gasteiger partial charge in [-0.3, -0.25) is 0 Å². The van der Waals surface area contributed by atoms with E-state index in [0.717, 1.165) is 23.8 Å². The van der Waals surface area contributed by atoms with Crippen molar-refractivity contribution >= 4 is 11.6 Å². The number of hydrogen-bond donors (Lipinski definition) is 2. The lowest BCUT2D eigenvalue weighted by Crippen LogP contribution is -2.10. The molecule has 1 aromatic heterocycles. The second kappa shape index (κ2) is 8.77. The summed E-state index contributed by atoms with van der Waals surface area (Å²) in [5, 5.41) is 3.40. The summed E-state index contributed by atoms with van der Waals surface area (Å²) in [6, 6.07) is 0. The summed E-state index contributed by atoms with van der Waals surface area (Å²) < 4.78 is 0. The predicted octanol–water partition coefficient (Wildman–Crippen LogP) is 4.20. The van der Waals surface area contributed by atoms with Crippen LogP contribution in [0.1, 0.15) is 71.3 Å². The molecule has 0 aliphatic rings. The van der Waals surface area contributed by atoms with Crippen LogP contribution in [0.2, 0.25) is 0 Å². The number of nitrogen functional groups attached to an aromatic ring is 1. The Bertz CT molecular complexity index is 388. The highest BCUT2D eigenvalue weighted by Crippen LogP contribution is 2.26. The molecule has 1 heterocycles. The zero-order chi connectivity index (χ0) is 15.0. The van der Waals surface area contributed by atoms with Crippen molar-refractivity contribution < 1.29 is 0 Å². The number of unbranched alkanes of at least 4 members (excludes halogenated alkanes) is 3. The Kier molecular flexibility index (Phi) is 7.34. The van der Waals surface area contributed by atoms with Gasteiger partial charge in [-0.1, -0.05) is 53.4 Å². The van der Waals surface area contributed by atoms with E-state index in [1.54, 1.807) is 0 Å². The SMILES string of the molecule is CC(C)CCCCCCNc1ncnc(N)c1C(C)C. The van der Waals surface area contributed by atoms with E-state index in [-0.39, 0.29) is 0 Å². The predicted molar refractivity (Wildman–Crippen MR) is 86.9 cm³/mol. The average Bonchev–Trinajstić information content (AvgIpc) is 2.36. The third-order valence-corrected chi connectivity index (χ3v) is 3.49. The minimum Gasteiger partial charge on any atom is -0.383 e. The summed E-state index contributed by atoms with van der Waals surface area (Å²) >= 11 is 0. The van der Waals surface area contributed by atoms with Gasteiger partial charge in [0.15, 0.2) is 0 Å². The molecule has 1 rings (SSSR count). The first-order valence-corrected chi connectivity index (χ1v) is 7.86. The van der Waals surface area contributed by atoms with Gasteiger partial charge in [-0.2, -0.15) is 0 Å². The van der Waals surface area contributed by atoms with E-state index >= 15 is 0 Å². The van der Waals surface area contributed by atoms with Crippen LogP contribution in [0.4, 0.5) is 11.6 Å². The highest BCUT2D eigenvalue weighted by Gasteiger charge is 2.12. The number of aromatic nitrogens is 2. The molecule has 3 N–H and O–H groups in total. The highest BCUT2D eigenvalue weighted by atomic mass is 15.0. The lowest BCUT2D eigenvalue weighted by atomic mass is 10.0. The maximum atomic E-state index is 5.93. The first-order chi connectivity index (χ1) is 9.52. The van der Waals surface area contributed by atoms with Crippen LogP contribution in [0.25, 0.3) is 0 Å². The van der Waals surface area contributed by atoms with E-state index in [2.05, 4.69) is 43.0 Å². The Balaban J connectivity index is 2.30. The fourth-order valence-corrected chi connectivity index (χ4v) is 2.36. The Morgan fingerprint density at radius 3 is 2.40 bits per heavy atom. The molecule has 0 saturated carbocycles. The summed E-state index contributed by atoms with van der Waals surface area (Å²) in [5.74, 6) is 2.65. The van der Waals surface area contributed by atoms with Crippen LogP contribution in [0, 0.1) is 5.92 Å². The lowest BCUT2D eigenvalue weighted by molar-refractivity contribution is 0.523. The third-order valence-electron chi connectivity index (χ3n) is 3.49. The molecule has 0 unspecified atom stereocenters. The average molecular weight is 278 g/mol. The van der Waals surface area contributed by atoms with Crippen molar-refractivity contribution in [3.63, 3.8) is 0 Å². The third kappa shape index (κ3) is 5.76. The maximum Gasteiger partial charge on any atom is 0.134 e. The summed E-state index contributed by atoms with van der Waals surface area (Å²) in [6.45, 7) is 9.76. The molecule has 0 aliphatic heterocycles. The maximum absolute atomic E-state index is 5.93. The van der Waals surface area contributed by atoms with Crippen LogP contribution in [0.3, 0.4) is 0 Å². The Labute approximate surface area is 123 Å². The highest BCUT2D eigenvalue weighted by molar-refractivity contribution is 5.56. The summed E-state index contributed by atoms with van der Waals surface area (Å²) in [4.78, 5) is 8.39. The molecule has 0 radical (unpaired) electrons. The molecule has 0 amide bonds. The molecule has 0 aromatic carbocycles. The van der Waals surface area contributed by atoms with Gasteiger partial charge in [0, 0.05) is 12.1 Å². The fraction of sp³-hybridized carbons (Fsp3) is 0.750. The van der Waals surface area contributed by atoms with Gasteiger partial charge in [-0.05, 0) is 18.3 Å². The van der Waals surface area contributed by atoms with E-state index in [0.29, 0.717) is 11.7 Å². The molecule has 1 aromatic rings. The number of nitrogens with two attached hydrogens (primary N) is 1. The molecule has 4 heteroatoms. The van der Waals surface area contributed by atoms with E-state index in [9.17, 15) is 0 Å². The van der Waals surface area contributed by atoms with Gasteiger partial charge in [0.25, 0.3) is 0 Å². The Hall–Kier alpha value is -1.32. The van der Waals surface area contributed by atoms with E-state index in [1.165, 1.54) is 38.4 Å². The summed E-state index contributed by atoms with van der Waals surface area (Å²) in [7, 11) is 0. The van der Waals surface area contributed by atoms with E-state index < -0.39 is 0 Å². The molecule has 0 saturated heterocycles. The number of nitrogens with zero attached hydrogens (tertiary/aromatic N) is 2. The van der Waals surface area contributed by atoms with Crippen molar-refractivity contribution in [2.24, 2.45) is 5.92 Å². The van der Waals surface area contributed by atoms with Crippen molar-refractivity contribution in [3.05, 3.63) is 11.9 Å². The van der Waals surface area contributed by atoms with Gasteiger partial charge in [0.2, 0.25) is 0 Å². The second-order valence-corrected chi connectivity index (χ2v) is 6.20. The standard InChI is InChI=1S/C16H30N4/c1-12(2)9-7-5-6-8-10-18-16-14(13(3)4)15(17)19-11-20-16/h11-13H,5-10H2,1-4H3,(H3,17,18,19,20). The van der Waals surface area contributed by atoms with Gasteiger partial charge < -0.3 is 11.1 Å². The van der Waals surface area contributed by atoms with Crippen molar-refractivity contribution in [1.29, 1.82) is 0 Å². The normalized spacial score (nSPS) is 11.3. The Morgan fingerprint density at radius 1 is 1.05 bits per heavy atom. The van der Waals surface area contributed by atoms with Crippen LogP contribution in [0.15, 0.2) is 6.33 Å². The van der Waals surface area contributed by atoms with Crippen molar-refractivity contribution in [1.82, 2.24) is 9.97 Å². The molecule has 0 atom stereocenters. The molecule has 0 aliphatic carbocycles. The van der Waals surface area contributed by atoms with Gasteiger partial charge in [-0.25, -0.2) is 9.97 Å². The molecule has 0 fully saturated rings. The van der Waals surface area contributed by atoms with Crippen molar-refractivity contribution in [2.45, 2.75) is 65.7 Å². The topological polar surface area (TPSA) is 63.8 Å². The smallest absolute Gasteiger partial charge is 0.134 e. The minimum absolute atomic E-state index is 0.338. The molecule has 20 heavy (non-hydrogen) atoms. The fourth-order valence-electron chi connectivity index (χ4n) is 2.36. The number of hydrogen-bond acceptors (Lipinski definition) is 4. The number of rotatable bonds is 9. The Morgan fingerprint density at radius 2 is 1.75 bits per heavy atom. The van der Waals surface area contributed by atoms with Crippen molar-refractivity contribution in [3.8, 4) is 0 Å². The lowest BCUT2D eigenvalue weighted by Gasteiger charge is -2.14. The van der Waals surface area contributed by atoms with Gasteiger partial charge >= 0.3 is 0 Å². The molecule has 114 valence electrons. The van der Waals surface area contributed by atoms with E-state index in [1.807, 2.05) is 0 Å². The largest absolute Gasteiger partial charge is 0.383 e. The number of nitrogens with one attached hydrogen (secondary N) is 1.